The summed E-state index contributed by atoms with van der Waals surface area (Å²) in [5.41, 5.74) is 1.26. The van der Waals surface area contributed by atoms with E-state index in [1.54, 1.807) is 30.3 Å². The number of benzene rings is 2. The first-order valence-corrected chi connectivity index (χ1v) is 8.15. The van der Waals surface area contributed by atoms with E-state index in [0.717, 1.165) is 10.2 Å². The third-order valence-electron chi connectivity index (χ3n) is 3.37. The van der Waals surface area contributed by atoms with Crippen molar-refractivity contribution in [3.05, 3.63) is 47.0 Å². The molecule has 0 spiro atoms. The van der Waals surface area contributed by atoms with E-state index in [0.29, 0.717) is 40.4 Å². The highest BCUT2D eigenvalue weighted by atomic mass is 35.5. The summed E-state index contributed by atoms with van der Waals surface area (Å²) >= 11 is 7.35. The Bertz CT molecular complexity index is 909. The van der Waals surface area contributed by atoms with Crippen molar-refractivity contribution < 1.29 is 14.3 Å². The quantitative estimate of drug-likeness (QED) is 0.762. The van der Waals surface area contributed by atoms with Gasteiger partial charge in [0.1, 0.15) is 13.2 Å². The molecule has 1 aliphatic heterocycles. The standard InChI is InChI=1S/C16H11ClN2O3S/c17-10-2-4-14-11(8-10)18-16(23-14)19-15(20)9-1-3-12-13(7-9)22-6-5-21-12/h1-4,7-8H,5-6H2,(H,18,19,20). The third kappa shape index (κ3) is 2.83. The fourth-order valence-electron chi connectivity index (χ4n) is 2.31. The Hall–Kier alpha value is -2.31. The minimum atomic E-state index is -0.243. The number of ether oxygens (including phenoxy) is 2. The molecule has 0 unspecified atom stereocenters. The zero-order valence-electron chi connectivity index (χ0n) is 11.8. The second-order valence-corrected chi connectivity index (χ2v) is 6.41. The number of nitrogens with zero attached hydrogens (tertiary/aromatic N) is 1. The van der Waals surface area contributed by atoms with E-state index < -0.39 is 0 Å². The van der Waals surface area contributed by atoms with Gasteiger partial charge < -0.3 is 9.47 Å². The number of amides is 1. The minimum absolute atomic E-state index is 0.243. The molecule has 1 aliphatic rings. The van der Waals surface area contributed by atoms with Crippen LogP contribution in [0.5, 0.6) is 11.5 Å². The number of carbonyl (C=O) groups is 1. The number of hydrogen-bond acceptors (Lipinski definition) is 5. The normalized spacial score (nSPS) is 13.1. The molecular weight excluding hydrogens is 336 g/mol. The maximum Gasteiger partial charge on any atom is 0.257 e. The van der Waals surface area contributed by atoms with Crippen molar-refractivity contribution in [2.24, 2.45) is 0 Å². The van der Waals surface area contributed by atoms with Crippen LogP contribution in [0.15, 0.2) is 36.4 Å². The van der Waals surface area contributed by atoms with Crippen LogP contribution < -0.4 is 14.8 Å². The number of thiazole rings is 1. The van der Waals surface area contributed by atoms with Gasteiger partial charge in [0.25, 0.3) is 5.91 Å². The maximum absolute atomic E-state index is 12.4. The lowest BCUT2D eigenvalue weighted by Crippen LogP contribution is -2.17. The Morgan fingerprint density at radius 3 is 2.83 bits per heavy atom. The van der Waals surface area contributed by atoms with Crippen LogP contribution in [0.3, 0.4) is 0 Å². The van der Waals surface area contributed by atoms with Gasteiger partial charge in [-0.05, 0) is 36.4 Å². The fraction of sp³-hybridized carbons (Fsp3) is 0.125. The third-order valence-corrected chi connectivity index (χ3v) is 4.56. The van der Waals surface area contributed by atoms with Crippen LogP contribution in [0.2, 0.25) is 5.02 Å². The molecule has 0 atom stereocenters. The molecule has 3 aromatic rings. The number of halogens is 1. The van der Waals surface area contributed by atoms with Gasteiger partial charge in [0.05, 0.1) is 10.2 Å². The lowest BCUT2D eigenvalue weighted by atomic mass is 10.2. The molecule has 4 rings (SSSR count). The molecule has 1 N–H and O–H groups in total. The van der Waals surface area contributed by atoms with Gasteiger partial charge >= 0.3 is 0 Å². The highest BCUT2D eigenvalue weighted by Crippen LogP contribution is 2.32. The largest absolute Gasteiger partial charge is 0.486 e. The highest BCUT2D eigenvalue weighted by molar-refractivity contribution is 7.22. The summed E-state index contributed by atoms with van der Waals surface area (Å²) < 4.78 is 11.9. The fourth-order valence-corrected chi connectivity index (χ4v) is 3.32. The highest BCUT2D eigenvalue weighted by Gasteiger charge is 2.16. The molecule has 0 saturated carbocycles. The Balaban J connectivity index is 1.58. The lowest BCUT2D eigenvalue weighted by molar-refractivity contribution is 0.102. The predicted molar refractivity (Wildman–Crippen MR) is 90.0 cm³/mol. The topological polar surface area (TPSA) is 60.5 Å². The number of aromatic nitrogens is 1. The summed E-state index contributed by atoms with van der Waals surface area (Å²) in [6.07, 6.45) is 0. The van der Waals surface area contributed by atoms with Gasteiger partial charge in [-0.1, -0.05) is 22.9 Å². The van der Waals surface area contributed by atoms with Crippen molar-refractivity contribution >= 4 is 44.2 Å². The molecule has 0 aliphatic carbocycles. The SMILES string of the molecule is O=C(Nc1nc2cc(Cl)ccc2s1)c1ccc2c(c1)OCCO2. The number of hydrogen-bond donors (Lipinski definition) is 1. The van der Waals surface area contributed by atoms with E-state index in [2.05, 4.69) is 10.3 Å². The molecule has 1 aromatic heterocycles. The summed E-state index contributed by atoms with van der Waals surface area (Å²) in [5.74, 6) is 0.995. The maximum atomic E-state index is 12.4. The molecule has 0 bridgehead atoms. The monoisotopic (exact) mass is 346 g/mol. The second kappa shape index (κ2) is 5.72. The van der Waals surface area contributed by atoms with Gasteiger partial charge in [0.2, 0.25) is 0 Å². The summed E-state index contributed by atoms with van der Waals surface area (Å²) in [6, 6.07) is 10.6. The molecule has 116 valence electrons. The lowest BCUT2D eigenvalue weighted by Gasteiger charge is -2.18. The Labute approximate surface area is 140 Å². The van der Waals surface area contributed by atoms with Crippen LogP contribution in [0.25, 0.3) is 10.2 Å². The van der Waals surface area contributed by atoms with Crippen LogP contribution in [0.4, 0.5) is 5.13 Å². The second-order valence-electron chi connectivity index (χ2n) is 4.94. The molecule has 1 amide bonds. The summed E-state index contributed by atoms with van der Waals surface area (Å²) in [7, 11) is 0. The van der Waals surface area contributed by atoms with Crippen molar-refractivity contribution in [2.75, 3.05) is 18.5 Å². The predicted octanol–water partition coefficient (Wildman–Crippen LogP) is 3.97. The van der Waals surface area contributed by atoms with Gasteiger partial charge in [-0.3, -0.25) is 10.1 Å². The van der Waals surface area contributed by atoms with E-state index in [4.69, 9.17) is 21.1 Å². The zero-order valence-corrected chi connectivity index (χ0v) is 13.4. The van der Waals surface area contributed by atoms with Crippen LogP contribution in [-0.2, 0) is 0 Å². The van der Waals surface area contributed by atoms with E-state index in [1.165, 1.54) is 11.3 Å². The smallest absolute Gasteiger partial charge is 0.257 e. The van der Waals surface area contributed by atoms with Crippen molar-refractivity contribution in [2.45, 2.75) is 0 Å². The first-order chi connectivity index (χ1) is 11.2. The van der Waals surface area contributed by atoms with Crippen molar-refractivity contribution in [1.29, 1.82) is 0 Å². The zero-order chi connectivity index (χ0) is 15.8. The van der Waals surface area contributed by atoms with Crippen molar-refractivity contribution in [1.82, 2.24) is 4.98 Å². The van der Waals surface area contributed by atoms with Gasteiger partial charge in [-0.25, -0.2) is 4.98 Å². The molecule has 2 heterocycles. The van der Waals surface area contributed by atoms with Crippen LogP contribution >= 0.6 is 22.9 Å². The summed E-state index contributed by atoms with van der Waals surface area (Å²) in [6.45, 7) is 1.00. The molecule has 5 nitrogen and oxygen atoms in total. The number of fused-ring (bicyclic) bond motifs is 2. The number of carbonyl (C=O) groups excluding carboxylic acids is 1. The Kier molecular flexibility index (Phi) is 3.55. The molecule has 23 heavy (non-hydrogen) atoms. The van der Waals surface area contributed by atoms with Crippen LogP contribution in [0, 0.1) is 0 Å². The first kappa shape index (κ1) is 14.3. The molecule has 0 radical (unpaired) electrons. The number of nitrogens with one attached hydrogen (secondary N) is 1. The van der Waals surface area contributed by atoms with Crippen molar-refractivity contribution in [3.63, 3.8) is 0 Å². The average Bonchev–Trinajstić information content (AvgIpc) is 2.95. The van der Waals surface area contributed by atoms with Crippen LogP contribution in [0.1, 0.15) is 10.4 Å². The van der Waals surface area contributed by atoms with Crippen molar-refractivity contribution in [3.8, 4) is 11.5 Å². The molecule has 2 aromatic carbocycles. The molecular formula is C16H11ClN2O3S. The minimum Gasteiger partial charge on any atom is -0.486 e. The number of anilines is 1. The van der Waals surface area contributed by atoms with Gasteiger partial charge in [-0.2, -0.15) is 0 Å². The first-order valence-electron chi connectivity index (χ1n) is 6.96. The van der Waals surface area contributed by atoms with Crippen LogP contribution in [-0.4, -0.2) is 24.1 Å². The number of rotatable bonds is 2. The molecule has 0 fully saturated rings. The van der Waals surface area contributed by atoms with E-state index >= 15 is 0 Å². The van der Waals surface area contributed by atoms with Gasteiger partial charge in [0, 0.05) is 10.6 Å². The average molecular weight is 347 g/mol. The Morgan fingerprint density at radius 1 is 1.13 bits per heavy atom. The summed E-state index contributed by atoms with van der Waals surface area (Å²) in [5, 5.41) is 3.95. The van der Waals surface area contributed by atoms with E-state index in [9.17, 15) is 4.79 Å². The molecule has 0 saturated heterocycles. The van der Waals surface area contributed by atoms with Gasteiger partial charge in [0.15, 0.2) is 16.6 Å². The van der Waals surface area contributed by atoms with E-state index in [1.807, 2.05) is 6.07 Å². The van der Waals surface area contributed by atoms with E-state index in [-0.39, 0.29) is 5.91 Å². The Morgan fingerprint density at radius 2 is 1.96 bits per heavy atom. The summed E-state index contributed by atoms with van der Waals surface area (Å²) in [4.78, 5) is 16.7. The van der Waals surface area contributed by atoms with Gasteiger partial charge in [-0.15, -0.1) is 0 Å². The molecule has 7 heteroatoms.